The predicted octanol–water partition coefficient (Wildman–Crippen LogP) is 5.96. The second-order valence-corrected chi connectivity index (χ2v) is 38.3. The van der Waals surface area contributed by atoms with E-state index in [1.165, 1.54) is 0 Å². The molecular formula is C25H32Cl2I5N6O2V-. The first kappa shape index (κ1) is 42.4. The van der Waals surface area contributed by atoms with Gasteiger partial charge < -0.3 is 10.5 Å². The van der Waals surface area contributed by atoms with Crippen molar-refractivity contribution in [1.82, 2.24) is 9.80 Å². The summed E-state index contributed by atoms with van der Waals surface area (Å²) in [5.74, 6) is 0.647. The van der Waals surface area contributed by atoms with Crippen LogP contribution >= 0.6 is 100 Å². The Balaban J connectivity index is 0.000000684. The van der Waals surface area contributed by atoms with Gasteiger partial charge in [-0.25, -0.2) is 9.79 Å². The van der Waals surface area contributed by atoms with Crippen molar-refractivity contribution < 1.29 is 32.3 Å². The van der Waals surface area contributed by atoms with Crippen LogP contribution in [0.1, 0.15) is 31.9 Å². The normalized spacial score (nSPS) is 12.4. The van der Waals surface area contributed by atoms with Crippen LogP contribution in [-0.2, 0) is 27.3 Å². The molecule has 0 fully saturated rings. The Morgan fingerprint density at radius 3 is 2.34 bits per heavy atom. The van der Waals surface area contributed by atoms with E-state index in [4.69, 9.17) is 38.9 Å². The summed E-state index contributed by atoms with van der Waals surface area (Å²) in [7, 11) is 4.46. The molecule has 0 radical (unpaired) electrons. The van der Waals surface area contributed by atoms with Gasteiger partial charge in [0.05, 0.1) is 24.8 Å². The number of hydrogen-bond acceptors (Lipinski definition) is 7. The number of fused-ring (bicyclic) bond motifs is 1. The summed E-state index contributed by atoms with van der Waals surface area (Å²) in [5.41, 5.74) is 8.69. The number of benzene rings is 2. The molecule has 16 heteroatoms. The summed E-state index contributed by atoms with van der Waals surface area (Å²) < 4.78 is 5.23. The van der Waals surface area contributed by atoms with Gasteiger partial charge in [0.25, 0.3) is 0 Å². The second-order valence-electron chi connectivity index (χ2n) is 9.43. The zero-order valence-electron chi connectivity index (χ0n) is 23.1. The molecule has 1 amide bonds. The number of amides is 1. The van der Waals surface area contributed by atoms with E-state index in [2.05, 4.69) is 98.5 Å². The van der Waals surface area contributed by atoms with E-state index in [0.29, 0.717) is 58.9 Å². The third-order valence-corrected chi connectivity index (χ3v) is 5.13. The molecule has 3 rings (SSSR count). The number of halogens is 7. The molecule has 0 aromatic heterocycles. The van der Waals surface area contributed by atoms with Gasteiger partial charge in [0.1, 0.15) is 11.4 Å². The van der Waals surface area contributed by atoms with Crippen LogP contribution in [0.5, 0.6) is 0 Å². The molecule has 3 N–H and O–H groups in total. The molecule has 0 atom stereocenters. The number of rotatable bonds is 4. The van der Waals surface area contributed by atoms with E-state index >= 15 is 0 Å². The van der Waals surface area contributed by atoms with Crippen molar-refractivity contribution >= 4 is 124 Å². The Kier molecular flexibility index (Phi) is 24.5. The molecule has 41 heavy (non-hydrogen) atoms. The van der Waals surface area contributed by atoms with Gasteiger partial charge in [0.15, 0.2) is 0 Å². The number of amidine groups is 1. The summed E-state index contributed by atoms with van der Waals surface area (Å²) in [4.78, 5) is 20.1. The third kappa shape index (κ3) is 20.9. The predicted molar refractivity (Wildman–Crippen MR) is 198 cm³/mol. The summed E-state index contributed by atoms with van der Waals surface area (Å²) in [6.07, 6.45) is -0.519. The minimum absolute atomic E-state index is 0.290. The van der Waals surface area contributed by atoms with Gasteiger partial charge in [0, 0.05) is 28.8 Å². The Labute approximate surface area is 312 Å². The number of carbonyl (C=O) groups excluding carboxylic acids is 1. The van der Waals surface area contributed by atoms with E-state index in [1.807, 2.05) is 37.2 Å². The number of nitrogens with one attached hydrogen (secondary N) is 1. The fourth-order valence-corrected chi connectivity index (χ4v) is 3.69. The average molecular weight is 1200 g/mol. The molecule has 0 unspecified atom stereocenters. The summed E-state index contributed by atoms with van der Waals surface area (Å²) in [6, 6.07) is 12.9. The first-order valence-electron chi connectivity index (χ1n) is 11.6. The molecule has 0 bridgehead atoms. The van der Waals surface area contributed by atoms with Gasteiger partial charge >= 0.3 is 106 Å². The minimum atomic E-state index is -0.561. The van der Waals surface area contributed by atoms with Crippen LogP contribution in [0, 0.1) is 11.3 Å². The number of aliphatic imine (C=N–C) groups is 1. The maximum absolute atomic E-state index is 11.8. The SMILES string of the molecule is CN(CC#N)Cc1cc(Cl)ccc1NC(=O)OC(C)(C)C.CN1CC(N)=Nc2ccc(Cl)cc2C1.I[I-]I.[I][V][I]. The zero-order valence-corrected chi connectivity index (χ0v) is 36.8. The number of hydrogen-bond donors (Lipinski definition) is 2. The van der Waals surface area contributed by atoms with Gasteiger partial charge in [-0.2, -0.15) is 5.26 Å². The maximum atomic E-state index is 11.8. The number of carbonyl (C=O) groups is 1. The summed E-state index contributed by atoms with van der Waals surface area (Å²) in [5, 5.41) is 12.7. The molecule has 1 heterocycles. The van der Waals surface area contributed by atoms with Crippen molar-refractivity contribution in [3.05, 3.63) is 57.6 Å². The number of likely N-dealkylation sites (N-methyl/N-ethyl adjacent to an activating group) is 1. The number of nitrogens with two attached hydrogens (primary N) is 1. The van der Waals surface area contributed by atoms with Crippen LogP contribution in [0.4, 0.5) is 16.2 Å². The number of anilines is 1. The zero-order chi connectivity index (χ0) is 31.6. The van der Waals surface area contributed by atoms with E-state index in [1.54, 1.807) is 39.0 Å². The van der Waals surface area contributed by atoms with Crippen LogP contribution in [0.2, 0.25) is 10.0 Å². The molecule has 8 nitrogen and oxygen atoms in total. The summed E-state index contributed by atoms with van der Waals surface area (Å²) in [6.45, 7) is 7.73. The van der Waals surface area contributed by atoms with E-state index < -0.39 is 11.7 Å². The first-order chi connectivity index (χ1) is 19.2. The van der Waals surface area contributed by atoms with Crippen molar-refractivity contribution in [1.29, 1.82) is 5.26 Å². The van der Waals surface area contributed by atoms with Crippen LogP contribution < -0.4 is 24.3 Å². The fourth-order valence-electron chi connectivity index (χ4n) is 3.30. The van der Waals surface area contributed by atoms with Crippen molar-refractivity contribution in [2.75, 3.05) is 32.5 Å². The van der Waals surface area contributed by atoms with E-state index in [9.17, 15) is 4.79 Å². The second kappa shape index (κ2) is 23.7. The van der Waals surface area contributed by atoms with Crippen LogP contribution in [0.15, 0.2) is 41.4 Å². The Bertz CT molecular complexity index is 1170. The molecule has 0 saturated heterocycles. The van der Waals surface area contributed by atoms with Gasteiger partial charge in [-0.1, -0.05) is 23.2 Å². The number of nitriles is 1. The summed E-state index contributed by atoms with van der Waals surface area (Å²) >= 11 is 21.9. The standard InChI is InChI=1S/C15H20ClN3O2.C10H12ClN3.I3.2HI.V/c1-15(2,3)21-14(20)18-13-6-5-12(16)9-11(13)10-19(4)8-7-17;1-14-5-7-4-8(11)2-3-9(7)13-10(12)6-14;1-3-2;;;/h5-6,9H,8,10H2,1-4H3,(H,18,20);2-4H,5-6H2,1H3,(H2,12,13);;2*1H;/q;;-1;;;+2/p-2. The average Bonchev–Trinajstić information content (AvgIpc) is 2.97. The quantitative estimate of drug-likeness (QED) is 0.290. The van der Waals surface area contributed by atoms with Crippen molar-refractivity contribution in [2.45, 2.75) is 39.5 Å². The van der Waals surface area contributed by atoms with Crippen LogP contribution in [-0.4, -0.2) is 54.5 Å². The van der Waals surface area contributed by atoms with Crippen LogP contribution in [0.3, 0.4) is 0 Å². The third-order valence-electron chi connectivity index (χ3n) is 4.66. The van der Waals surface area contributed by atoms with E-state index in [-0.39, 0.29) is 0 Å². The van der Waals surface area contributed by atoms with Crippen LogP contribution in [0.25, 0.3) is 0 Å². The van der Waals surface area contributed by atoms with Crippen molar-refractivity contribution in [2.24, 2.45) is 10.7 Å². The van der Waals surface area contributed by atoms with Crippen molar-refractivity contribution in [3.63, 3.8) is 0 Å². The van der Waals surface area contributed by atoms with E-state index in [0.717, 1.165) is 28.4 Å². The van der Waals surface area contributed by atoms with Gasteiger partial charge in [-0.05, 0) is 82.4 Å². The molecule has 229 valence electrons. The van der Waals surface area contributed by atoms with Gasteiger partial charge in [-0.3, -0.25) is 15.1 Å². The number of ether oxygens (including phenoxy) is 1. The molecule has 1 aliphatic rings. The molecular weight excluding hydrogens is 1170 g/mol. The molecule has 2 aromatic rings. The Hall–Kier alpha value is 1.40. The molecule has 1 aliphatic heterocycles. The number of nitrogens with zero attached hydrogens (tertiary/aromatic N) is 4. The monoisotopic (exact) mass is 1200 g/mol. The Morgan fingerprint density at radius 1 is 1.22 bits per heavy atom. The van der Waals surface area contributed by atoms with Gasteiger partial charge in [0.2, 0.25) is 0 Å². The van der Waals surface area contributed by atoms with Crippen molar-refractivity contribution in [3.8, 4) is 6.07 Å². The molecule has 0 spiro atoms. The topological polar surface area (TPSA) is 107 Å². The fraction of sp³-hybridized carbons (Fsp3) is 0.400. The molecule has 2 aromatic carbocycles. The Morgan fingerprint density at radius 2 is 1.78 bits per heavy atom. The molecule has 0 saturated carbocycles. The molecule has 0 aliphatic carbocycles. The first-order valence-corrected chi connectivity index (χ1v) is 34.0. The van der Waals surface area contributed by atoms with Gasteiger partial charge in [-0.15, -0.1) is 0 Å².